The Balaban J connectivity index is 2.15. The van der Waals surface area contributed by atoms with Crippen molar-refractivity contribution in [1.82, 2.24) is 4.90 Å². The summed E-state index contributed by atoms with van der Waals surface area (Å²) in [4.78, 5) is 13.9. The van der Waals surface area contributed by atoms with Gasteiger partial charge in [-0.3, -0.25) is 9.69 Å². The van der Waals surface area contributed by atoms with Gasteiger partial charge in [0.25, 0.3) is 0 Å². The van der Waals surface area contributed by atoms with Crippen molar-refractivity contribution in [3.8, 4) is 0 Å². The zero-order chi connectivity index (χ0) is 12.1. The fraction of sp³-hybridized carbons (Fsp3) is 0.533. The Morgan fingerprint density at radius 1 is 1.18 bits per heavy atom. The van der Waals surface area contributed by atoms with Gasteiger partial charge in [-0.15, -0.1) is 0 Å². The SMILES string of the molecule is CC(=O)CC(c1ccccc1)N1CCCCC1. The van der Waals surface area contributed by atoms with E-state index in [0.717, 1.165) is 13.1 Å². The summed E-state index contributed by atoms with van der Waals surface area (Å²) in [6.45, 7) is 3.96. The molecule has 0 radical (unpaired) electrons. The van der Waals surface area contributed by atoms with Crippen LogP contribution in [-0.2, 0) is 4.79 Å². The smallest absolute Gasteiger partial charge is 0.131 e. The Labute approximate surface area is 104 Å². The van der Waals surface area contributed by atoms with Crippen molar-refractivity contribution in [2.45, 2.75) is 38.6 Å². The quantitative estimate of drug-likeness (QED) is 0.793. The van der Waals surface area contributed by atoms with Gasteiger partial charge in [-0.25, -0.2) is 0 Å². The minimum absolute atomic E-state index is 0.282. The van der Waals surface area contributed by atoms with E-state index in [4.69, 9.17) is 0 Å². The van der Waals surface area contributed by atoms with E-state index in [0.29, 0.717) is 6.42 Å². The van der Waals surface area contributed by atoms with Gasteiger partial charge in [0.15, 0.2) is 0 Å². The van der Waals surface area contributed by atoms with Crippen molar-refractivity contribution < 1.29 is 4.79 Å². The number of benzene rings is 1. The van der Waals surface area contributed by atoms with Gasteiger partial charge in [-0.05, 0) is 38.4 Å². The van der Waals surface area contributed by atoms with E-state index in [9.17, 15) is 4.79 Å². The van der Waals surface area contributed by atoms with Gasteiger partial charge in [0.05, 0.1) is 0 Å². The first kappa shape index (κ1) is 12.3. The van der Waals surface area contributed by atoms with Crippen LogP contribution >= 0.6 is 0 Å². The van der Waals surface area contributed by atoms with E-state index < -0.39 is 0 Å². The maximum absolute atomic E-state index is 11.4. The molecule has 1 aliphatic rings. The molecule has 92 valence electrons. The van der Waals surface area contributed by atoms with E-state index in [1.54, 1.807) is 6.92 Å². The Morgan fingerprint density at radius 2 is 1.82 bits per heavy atom. The molecule has 1 atom stereocenters. The van der Waals surface area contributed by atoms with Crippen LogP contribution in [0.4, 0.5) is 0 Å². The fourth-order valence-electron chi connectivity index (χ4n) is 2.64. The number of piperidine rings is 1. The van der Waals surface area contributed by atoms with Crippen LogP contribution in [0.2, 0.25) is 0 Å². The molecule has 1 unspecified atom stereocenters. The van der Waals surface area contributed by atoms with Gasteiger partial charge in [-0.1, -0.05) is 36.8 Å². The van der Waals surface area contributed by atoms with Crippen LogP contribution < -0.4 is 0 Å². The third kappa shape index (κ3) is 3.40. The second-order valence-electron chi connectivity index (χ2n) is 4.93. The number of carbonyl (C=O) groups is 1. The van der Waals surface area contributed by atoms with Crippen molar-refractivity contribution in [2.24, 2.45) is 0 Å². The van der Waals surface area contributed by atoms with Crippen molar-refractivity contribution in [3.05, 3.63) is 35.9 Å². The van der Waals surface area contributed by atoms with Gasteiger partial charge in [0.2, 0.25) is 0 Å². The molecule has 0 aromatic heterocycles. The second-order valence-corrected chi connectivity index (χ2v) is 4.93. The van der Waals surface area contributed by atoms with E-state index in [2.05, 4.69) is 29.2 Å². The highest BCUT2D eigenvalue weighted by molar-refractivity contribution is 5.76. The Kier molecular flexibility index (Phi) is 4.32. The molecule has 0 aliphatic carbocycles. The summed E-state index contributed by atoms with van der Waals surface area (Å²) in [5.41, 5.74) is 1.28. The van der Waals surface area contributed by atoms with Crippen LogP contribution in [0.5, 0.6) is 0 Å². The van der Waals surface area contributed by atoms with Crippen molar-refractivity contribution >= 4 is 5.78 Å². The molecule has 1 aromatic rings. The van der Waals surface area contributed by atoms with E-state index in [1.807, 2.05) is 6.07 Å². The highest BCUT2D eigenvalue weighted by Crippen LogP contribution is 2.27. The molecule has 2 heteroatoms. The molecule has 2 nitrogen and oxygen atoms in total. The summed E-state index contributed by atoms with van der Waals surface area (Å²) in [5.74, 6) is 0.282. The van der Waals surface area contributed by atoms with Crippen molar-refractivity contribution in [2.75, 3.05) is 13.1 Å². The topological polar surface area (TPSA) is 20.3 Å². The van der Waals surface area contributed by atoms with Gasteiger partial charge in [0.1, 0.15) is 5.78 Å². The number of hydrogen-bond acceptors (Lipinski definition) is 2. The van der Waals surface area contributed by atoms with Crippen LogP contribution in [0.15, 0.2) is 30.3 Å². The molecule has 1 aliphatic heterocycles. The van der Waals surface area contributed by atoms with E-state index in [-0.39, 0.29) is 11.8 Å². The molecule has 0 bridgehead atoms. The number of rotatable bonds is 4. The Bertz CT molecular complexity index is 354. The van der Waals surface area contributed by atoms with E-state index >= 15 is 0 Å². The van der Waals surface area contributed by atoms with Crippen LogP contribution in [0.1, 0.15) is 44.2 Å². The molecule has 1 heterocycles. The predicted octanol–water partition coefficient (Wildman–Crippen LogP) is 3.19. The first-order valence-electron chi connectivity index (χ1n) is 6.56. The lowest BCUT2D eigenvalue weighted by Gasteiger charge is -2.34. The van der Waals surface area contributed by atoms with E-state index in [1.165, 1.54) is 24.8 Å². The summed E-state index contributed by atoms with van der Waals surface area (Å²) in [5, 5.41) is 0. The molecule has 17 heavy (non-hydrogen) atoms. The highest BCUT2D eigenvalue weighted by Gasteiger charge is 2.23. The van der Waals surface area contributed by atoms with Crippen LogP contribution in [0, 0.1) is 0 Å². The van der Waals surface area contributed by atoms with Crippen LogP contribution in [-0.4, -0.2) is 23.8 Å². The molecule has 0 spiro atoms. The standard InChI is InChI=1S/C15H21NO/c1-13(17)12-15(14-8-4-2-5-9-14)16-10-6-3-7-11-16/h2,4-5,8-9,15H,3,6-7,10-12H2,1H3. The minimum Gasteiger partial charge on any atom is -0.300 e. The number of hydrogen-bond donors (Lipinski definition) is 0. The molecule has 1 fully saturated rings. The minimum atomic E-state index is 0.282. The molecular weight excluding hydrogens is 210 g/mol. The maximum atomic E-state index is 11.4. The molecular formula is C15H21NO. The first-order valence-corrected chi connectivity index (χ1v) is 6.56. The highest BCUT2D eigenvalue weighted by atomic mass is 16.1. The average Bonchev–Trinajstić information content (AvgIpc) is 2.38. The monoisotopic (exact) mass is 231 g/mol. The normalized spacial score (nSPS) is 18.9. The van der Waals surface area contributed by atoms with Crippen molar-refractivity contribution in [3.63, 3.8) is 0 Å². The number of ketones is 1. The van der Waals surface area contributed by atoms with Gasteiger partial charge >= 0.3 is 0 Å². The maximum Gasteiger partial charge on any atom is 0.131 e. The third-order valence-corrected chi connectivity index (χ3v) is 3.50. The number of carbonyl (C=O) groups excluding carboxylic acids is 1. The lowest BCUT2D eigenvalue weighted by molar-refractivity contribution is -0.118. The predicted molar refractivity (Wildman–Crippen MR) is 69.9 cm³/mol. The summed E-state index contributed by atoms with van der Waals surface area (Å²) in [7, 11) is 0. The second kappa shape index (κ2) is 5.97. The lowest BCUT2D eigenvalue weighted by Crippen LogP contribution is -2.34. The molecule has 1 saturated heterocycles. The van der Waals surface area contributed by atoms with Gasteiger partial charge < -0.3 is 0 Å². The Morgan fingerprint density at radius 3 is 2.41 bits per heavy atom. The average molecular weight is 231 g/mol. The van der Waals surface area contributed by atoms with Crippen LogP contribution in [0.3, 0.4) is 0 Å². The summed E-state index contributed by atoms with van der Waals surface area (Å²) < 4.78 is 0. The molecule has 2 rings (SSSR count). The zero-order valence-corrected chi connectivity index (χ0v) is 10.6. The number of likely N-dealkylation sites (tertiary alicyclic amines) is 1. The molecule has 1 aromatic carbocycles. The fourth-order valence-corrected chi connectivity index (χ4v) is 2.64. The third-order valence-electron chi connectivity index (χ3n) is 3.50. The molecule has 0 saturated carbocycles. The zero-order valence-electron chi connectivity index (χ0n) is 10.6. The molecule has 0 amide bonds. The Hall–Kier alpha value is -1.15. The summed E-state index contributed by atoms with van der Waals surface area (Å²) >= 11 is 0. The number of nitrogens with zero attached hydrogens (tertiary/aromatic N) is 1. The number of Topliss-reactive ketones (excluding diaryl/α,β-unsaturated/α-hetero) is 1. The van der Waals surface area contributed by atoms with Gasteiger partial charge in [0, 0.05) is 12.5 Å². The summed E-state index contributed by atoms with van der Waals surface area (Å²) in [6, 6.07) is 10.7. The molecule has 0 N–H and O–H groups in total. The van der Waals surface area contributed by atoms with Crippen molar-refractivity contribution in [1.29, 1.82) is 0 Å². The van der Waals surface area contributed by atoms with Gasteiger partial charge in [-0.2, -0.15) is 0 Å². The largest absolute Gasteiger partial charge is 0.300 e. The van der Waals surface area contributed by atoms with Crippen LogP contribution in [0.25, 0.3) is 0 Å². The summed E-state index contributed by atoms with van der Waals surface area (Å²) in [6.07, 6.45) is 4.50. The lowest BCUT2D eigenvalue weighted by atomic mass is 9.97. The first-order chi connectivity index (χ1) is 8.27.